The Labute approximate surface area is 159 Å². The summed E-state index contributed by atoms with van der Waals surface area (Å²) in [6.45, 7) is 3.69. The van der Waals surface area contributed by atoms with Gasteiger partial charge in [-0.1, -0.05) is 0 Å². The summed E-state index contributed by atoms with van der Waals surface area (Å²) in [6.07, 6.45) is 3.22. The normalized spacial score (nSPS) is 18.1. The number of benzene rings is 1. The molecule has 8 heteroatoms. The van der Waals surface area contributed by atoms with Crippen molar-refractivity contribution in [2.45, 2.75) is 12.6 Å². The number of furan rings is 1. The van der Waals surface area contributed by atoms with E-state index in [9.17, 15) is 0 Å². The Bertz CT molecular complexity index is 819. The van der Waals surface area contributed by atoms with Crippen LogP contribution in [0.25, 0.3) is 5.69 Å². The second-order valence-electron chi connectivity index (χ2n) is 6.08. The summed E-state index contributed by atoms with van der Waals surface area (Å²) in [6, 6.07) is 11.7. The average molecular weight is 419 g/mol. The number of nitrogens with zero attached hydrogens (tertiary/aromatic N) is 4. The molecule has 1 fully saturated rings. The van der Waals surface area contributed by atoms with E-state index in [0.29, 0.717) is 13.2 Å². The number of morpholine rings is 1. The Morgan fingerprint density at radius 1 is 1.19 bits per heavy atom. The van der Waals surface area contributed by atoms with Gasteiger partial charge in [0.05, 0.1) is 18.8 Å². The molecule has 1 aliphatic heterocycles. The van der Waals surface area contributed by atoms with Crippen molar-refractivity contribution in [2.24, 2.45) is 0 Å². The molecule has 1 aliphatic rings. The van der Waals surface area contributed by atoms with Gasteiger partial charge >= 0.3 is 0 Å². The largest absolute Gasteiger partial charge is 0.491 e. The van der Waals surface area contributed by atoms with Gasteiger partial charge in [0.25, 0.3) is 0 Å². The summed E-state index contributed by atoms with van der Waals surface area (Å²) in [7, 11) is 0. The highest BCUT2D eigenvalue weighted by molar-refractivity contribution is 9.10. The first kappa shape index (κ1) is 17.3. The fourth-order valence-electron chi connectivity index (χ4n) is 2.91. The van der Waals surface area contributed by atoms with Crippen molar-refractivity contribution in [3.05, 3.63) is 59.5 Å². The Morgan fingerprint density at radius 3 is 2.81 bits per heavy atom. The van der Waals surface area contributed by atoms with Crippen LogP contribution in [0.4, 0.5) is 0 Å². The van der Waals surface area contributed by atoms with E-state index in [4.69, 9.17) is 13.9 Å². The maximum Gasteiger partial charge on any atom is 0.169 e. The van der Waals surface area contributed by atoms with Crippen LogP contribution in [0.1, 0.15) is 5.76 Å². The monoisotopic (exact) mass is 418 g/mol. The van der Waals surface area contributed by atoms with E-state index in [1.54, 1.807) is 11.0 Å². The first-order valence-corrected chi connectivity index (χ1v) is 9.21. The number of ether oxygens (including phenoxy) is 2. The number of rotatable bonds is 6. The summed E-state index contributed by atoms with van der Waals surface area (Å²) in [5.41, 5.74) is 0.944. The molecule has 0 saturated carbocycles. The second-order valence-corrected chi connectivity index (χ2v) is 6.86. The van der Waals surface area contributed by atoms with Gasteiger partial charge in [0.15, 0.2) is 4.67 Å². The minimum absolute atomic E-state index is 0.0390. The predicted octanol–water partition coefficient (Wildman–Crippen LogP) is 2.90. The standard InChI is InChI=1S/C18H19BrN4O3/c19-18-6-5-16(26-18)9-22-7-8-24-17(10-22)11-25-15-3-1-14(2-4-15)23-13-20-12-21-23/h1-6,12-13,17H,7-11H2. The highest BCUT2D eigenvalue weighted by atomic mass is 79.9. The van der Waals surface area contributed by atoms with Crippen molar-refractivity contribution < 1.29 is 13.9 Å². The lowest BCUT2D eigenvalue weighted by Gasteiger charge is -2.32. The zero-order valence-corrected chi connectivity index (χ0v) is 15.7. The van der Waals surface area contributed by atoms with E-state index in [1.807, 2.05) is 36.4 Å². The molecule has 1 aromatic carbocycles. The molecule has 1 saturated heterocycles. The van der Waals surface area contributed by atoms with E-state index in [-0.39, 0.29) is 6.10 Å². The third-order valence-electron chi connectivity index (χ3n) is 4.19. The fraction of sp³-hybridized carbons (Fsp3) is 0.333. The lowest BCUT2D eigenvalue weighted by molar-refractivity contribution is -0.0518. The molecule has 1 unspecified atom stereocenters. The molecular weight excluding hydrogens is 400 g/mol. The highest BCUT2D eigenvalue weighted by Crippen LogP contribution is 2.18. The number of aromatic nitrogens is 3. The molecule has 0 amide bonds. The van der Waals surface area contributed by atoms with Crippen molar-refractivity contribution in [3.8, 4) is 11.4 Å². The van der Waals surface area contributed by atoms with Gasteiger partial charge in [0.2, 0.25) is 0 Å². The zero-order chi connectivity index (χ0) is 17.8. The summed E-state index contributed by atoms with van der Waals surface area (Å²) >= 11 is 3.34. The Balaban J connectivity index is 1.28. The number of hydrogen-bond acceptors (Lipinski definition) is 6. The van der Waals surface area contributed by atoms with Crippen LogP contribution in [0.15, 0.2) is 58.1 Å². The molecule has 3 heterocycles. The average Bonchev–Trinajstić information content (AvgIpc) is 3.33. The topological polar surface area (TPSA) is 65.6 Å². The van der Waals surface area contributed by atoms with Crippen molar-refractivity contribution in [3.63, 3.8) is 0 Å². The van der Waals surface area contributed by atoms with Gasteiger partial charge in [-0.05, 0) is 52.3 Å². The molecule has 26 heavy (non-hydrogen) atoms. The Kier molecular flexibility index (Phi) is 5.33. The van der Waals surface area contributed by atoms with Crippen LogP contribution in [-0.4, -0.2) is 52.1 Å². The van der Waals surface area contributed by atoms with Gasteiger partial charge in [0, 0.05) is 13.1 Å². The molecule has 0 N–H and O–H groups in total. The lowest BCUT2D eigenvalue weighted by atomic mass is 10.2. The van der Waals surface area contributed by atoms with Crippen molar-refractivity contribution in [1.82, 2.24) is 19.7 Å². The van der Waals surface area contributed by atoms with Gasteiger partial charge < -0.3 is 13.9 Å². The van der Waals surface area contributed by atoms with E-state index in [1.165, 1.54) is 6.33 Å². The van der Waals surface area contributed by atoms with Crippen LogP contribution in [-0.2, 0) is 11.3 Å². The minimum atomic E-state index is 0.0390. The van der Waals surface area contributed by atoms with Gasteiger partial charge in [-0.15, -0.1) is 0 Å². The Hall–Kier alpha value is -2.16. The SMILES string of the molecule is Brc1ccc(CN2CCOC(COc3ccc(-n4cncn4)cc3)C2)o1. The van der Waals surface area contributed by atoms with Crippen LogP contribution in [0.3, 0.4) is 0 Å². The molecule has 3 aromatic rings. The highest BCUT2D eigenvalue weighted by Gasteiger charge is 2.22. The number of hydrogen-bond donors (Lipinski definition) is 0. The van der Waals surface area contributed by atoms with Gasteiger partial charge in [0.1, 0.15) is 36.9 Å². The van der Waals surface area contributed by atoms with Crippen molar-refractivity contribution in [1.29, 1.82) is 0 Å². The minimum Gasteiger partial charge on any atom is -0.491 e. The van der Waals surface area contributed by atoms with Crippen LogP contribution >= 0.6 is 15.9 Å². The smallest absolute Gasteiger partial charge is 0.169 e. The molecule has 2 aromatic heterocycles. The quantitative estimate of drug-likeness (QED) is 0.612. The molecule has 1 atom stereocenters. The van der Waals surface area contributed by atoms with Crippen molar-refractivity contribution in [2.75, 3.05) is 26.3 Å². The molecule has 4 rings (SSSR count). The Morgan fingerprint density at radius 2 is 2.08 bits per heavy atom. The van der Waals surface area contributed by atoms with Crippen LogP contribution in [0.5, 0.6) is 5.75 Å². The first-order valence-electron chi connectivity index (χ1n) is 8.42. The van der Waals surface area contributed by atoms with E-state index in [0.717, 1.165) is 41.5 Å². The van der Waals surface area contributed by atoms with Crippen molar-refractivity contribution >= 4 is 15.9 Å². The van der Waals surface area contributed by atoms with Crippen LogP contribution in [0, 0.1) is 0 Å². The number of halogens is 1. The van der Waals surface area contributed by atoms with Crippen LogP contribution in [0.2, 0.25) is 0 Å². The van der Waals surface area contributed by atoms with E-state index < -0.39 is 0 Å². The summed E-state index contributed by atoms with van der Waals surface area (Å²) in [5.74, 6) is 1.76. The molecule has 7 nitrogen and oxygen atoms in total. The fourth-order valence-corrected chi connectivity index (χ4v) is 3.25. The van der Waals surface area contributed by atoms with Gasteiger partial charge in [-0.25, -0.2) is 9.67 Å². The lowest BCUT2D eigenvalue weighted by Crippen LogP contribution is -2.44. The third-order valence-corrected chi connectivity index (χ3v) is 4.61. The molecule has 0 spiro atoms. The molecule has 0 bridgehead atoms. The maximum atomic E-state index is 5.89. The van der Waals surface area contributed by atoms with Gasteiger partial charge in [-0.2, -0.15) is 5.10 Å². The van der Waals surface area contributed by atoms with E-state index in [2.05, 4.69) is 30.9 Å². The molecule has 0 aliphatic carbocycles. The molecular formula is C18H19BrN4O3. The predicted molar refractivity (Wildman–Crippen MR) is 98.3 cm³/mol. The molecule has 0 radical (unpaired) electrons. The maximum absolute atomic E-state index is 5.89. The van der Waals surface area contributed by atoms with Crippen LogP contribution < -0.4 is 4.74 Å². The summed E-state index contributed by atoms with van der Waals surface area (Å²) in [5, 5.41) is 4.11. The van der Waals surface area contributed by atoms with Gasteiger partial charge in [-0.3, -0.25) is 4.90 Å². The zero-order valence-electron chi connectivity index (χ0n) is 14.1. The third kappa shape index (κ3) is 4.32. The summed E-state index contributed by atoms with van der Waals surface area (Å²) < 4.78 is 19.8. The second kappa shape index (κ2) is 8.03. The summed E-state index contributed by atoms with van der Waals surface area (Å²) in [4.78, 5) is 6.26. The first-order chi connectivity index (χ1) is 12.8. The van der Waals surface area contributed by atoms with E-state index >= 15 is 0 Å². The molecule has 136 valence electrons.